The van der Waals surface area contributed by atoms with Crippen LogP contribution in [0.25, 0.3) is 0 Å². The van der Waals surface area contributed by atoms with Gasteiger partial charge in [0, 0.05) is 23.5 Å². The predicted molar refractivity (Wildman–Crippen MR) is 89.4 cm³/mol. The van der Waals surface area contributed by atoms with Gasteiger partial charge in [-0.15, -0.1) is 0 Å². The van der Waals surface area contributed by atoms with E-state index in [1.807, 2.05) is 27.7 Å². The van der Waals surface area contributed by atoms with Crippen molar-refractivity contribution < 1.29 is 18.1 Å². The zero-order chi connectivity index (χ0) is 17.6. The molecule has 24 heavy (non-hydrogen) atoms. The summed E-state index contributed by atoms with van der Waals surface area (Å²) in [7, 11) is -0.557. The monoisotopic (exact) mass is 331 g/mol. The highest BCUT2D eigenvalue weighted by Crippen LogP contribution is 2.37. The van der Waals surface area contributed by atoms with Crippen molar-refractivity contribution in [3.63, 3.8) is 0 Å². The molecule has 1 aliphatic rings. The van der Waals surface area contributed by atoms with E-state index in [0.717, 1.165) is 5.46 Å². The molecule has 0 radical (unpaired) electrons. The lowest BCUT2D eigenvalue weighted by atomic mass is 9.78. The first-order chi connectivity index (χ1) is 11.1. The molecule has 0 N–H and O–H groups in total. The summed E-state index contributed by atoms with van der Waals surface area (Å²) in [5, 5.41) is 0. The van der Waals surface area contributed by atoms with Crippen molar-refractivity contribution in [3.05, 3.63) is 59.9 Å². The maximum Gasteiger partial charge on any atom is 0.494 e. The van der Waals surface area contributed by atoms with E-state index in [4.69, 9.17) is 9.31 Å². The van der Waals surface area contributed by atoms with Crippen molar-refractivity contribution >= 4 is 12.6 Å². The van der Waals surface area contributed by atoms with Crippen LogP contribution in [0.2, 0.25) is 0 Å². The lowest BCUT2D eigenvalue weighted by molar-refractivity contribution is 0.00578. The van der Waals surface area contributed by atoms with Gasteiger partial charge in [-0.25, -0.2) is 0 Å². The minimum absolute atomic E-state index is 0.0750. The summed E-state index contributed by atoms with van der Waals surface area (Å²) in [6, 6.07) is 8.74. The Labute approximate surface area is 141 Å². The van der Waals surface area contributed by atoms with E-state index in [-0.39, 0.29) is 11.1 Å². The van der Waals surface area contributed by atoms with Crippen LogP contribution in [0.15, 0.2) is 48.8 Å². The van der Waals surface area contributed by atoms with E-state index in [0.29, 0.717) is 0 Å². The van der Waals surface area contributed by atoms with Crippen LogP contribution in [0.1, 0.15) is 38.8 Å². The molecular formula is C18H20BF2NO2. The fraction of sp³-hybridized carbons (Fsp3) is 0.389. The van der Waals surface area contributed by atoms with Crippen LogP contribution in [0.4, 0.5) is 8.78 Å². The molecule has 0 amide bonds. The Morgan fingerprint density at radius 2 is 1.29 bits per heavy atom. The average molecular weight is 331 g/mol. The molecule has 0 saturated carbocycles. The first-order valence-corrected chi connectivity index (χ1v) is 7.88. The van der Waals surface area contributed by atoms with E-state index >= 15 is 0 Å². The summed E-state index contributed by atoms with van der Waals surface area (Å²) in [5.41, 5.74) is -0.355. The topological polar surface area (TPSA) is 31.4 Å². The van der Waals surface area contributed by atoms with E-state index in [1.54, 1.807) is 12.1 Å². The highest BCUT2D eigenvalue weighted by molar-refractivity contribution is 6.62. The van der Waals surface area contributed by atoms with Crippen molar-refractivity contribution in [3.8, 4) is 0 Å². The molecule has 0 unspecified atom stereocenters. The van der Waals surface area contributed by atoms with E-state index in [1.165, 1.54) is 36.7 Å². The molecule has 3 rings (SSSR count). The van der Waals surface area contributed by atoms with Crippen LogP contribution in [-0.2, 0) is 15.2 Å². The normalized spacial score (nSPS) is 19.5. The van der Waals surface area contributed by atoms with Crippen LogP contribution in [0.3, 0.4) is 0 Å². The Bertz CT molecular complexity index is 702. The van der Waals surface area contributed by atoms with Gasteiger partial charge in [0.2, 0.25) is 0 Å². The number of aromatic nitrogens is 1. The SMILES string of the molecule is CC1(C)OB(c2ccc(C(F)(F)c3ccncc3)cc2)OC1(C)C. The van der Waals surface area contributed by atoms with E-state index < -0.39 is 24.2 Å². The molecule has 0 spiro atoms. The molecule has 1 aliphatic heterocycles. The van der Waals surface area contributed by atoms with E-state index in [2.05, 4.69) is 4.98 Å². The molecule has 0 bridgehead atoms. The predicted octanol–water partition coefficient (Wildman–Crippen LogP) is 3.52. The Hall–Kier alpha value is -1.79. The van der Waals surface area contributed by atoms with Gasteiger partial charge < -0.3 is 9.31 Å². The second-order valence-electron chi connectivity index (χ2n) is 7.02. The fourth-order valence-corrected chi connectivity index (χ4v) is 2.56. The van der Waals surface area contributed by atoms with Gasteiger partial charge in [-0.3, -0.25) is 4.98 Å². The van der Waals surface area contributed by atoms with Crippen LogP contribution in [-0.4, -0.2) is 23.3 Å². The third-order valence-electron chi connectivity index (χ3n) is 4.84. The van der Waals surface area contributed by atoms with Crippen molar-refractivity contribution in [1.82, 2.24) is 4.98 Å². The van der Waals surface area contributed by atoms with Gasteiger partial charge in [0.05, 0.1) is 11.2 Å². The third-order valence-corrected chi connectivity index (χ3v) is 4.84. The molecule has 6 heteroatoms. The number of rotatable bonds is 3. The molecule has 2 aromatic rings. The molecule has 3 nitrogen and oxygen atoms in total. The highest BCUT2D eigenvalue weighted by Gasteiger charge is 2.51. The van der Waals surface area contributed by atoms with Gasteiger partial charge in [-0.2, -0.15) is 8.78 Å². The Kier molecular flexibility index (Phi) is 4.01. The molecule has 126 valence electrons. The second kappa shape index (κ2) is 5.64. The van der Waals surface area contributed by atoms with Crippen molar-refractivity contribution in [2.75, 3.05) is 0 Å². The van der Waals surface area contributed by atoms with E-state index in [9.17, 15) is 8.78 Å². The van der Waals surface area contributed by atoms with Crippen molar-refractivity contribution in [2.24, 2.45) is 0 Å². The number of alkyl halides is 2. The fourth-order valence-electron chi connectivity index (χ4n) is 2.56. The second-order valence-corrected chi connectivity index (χ2v) is 7.02. The van der Waals surface area contributed by atoms with Gasteiger partial charge in [0.1, 0.15) is 0 Å². The first-order valence-electron chi connectivity index (χ1n) is 7.88. The summed E-state index contributed by atoms with van der Waals surface area (Å²) < 4.78 is 41.0. The molecule has 0 atom stereocenters. The number of nitrogens with zero attached hydrogens (tertiary/aromatic N) is 1. The molecule has 1 aromatic carbocycles. The van der Waals surface area contributed by atoms with Crippen molar-refractivity contribution in [2.45, 2.75) is 44.8 Å². The quantitative estimate of drug-likeness (QED) is 0.807. The minimum atomic E-state index is -3.07. The maximum absolute atomic E-state index is 14.6. The number of benzene rings is 1. The Morgan fingerprint density at radius 1 is 0.833 bits per heavy atom. The molecule has 1 aromatic heterocycles. The smallest absolute Gasteiger partial charge is 0.399 e. The van der Waals surface area contributed by atoms with Crippen LogP contribution < -0.4 is 5.46 Å². The average Bonchev–Trinajstić information content (AvgIpc) is 2.76. The van der Waals surface area contributed by atoms with Gasteiger partial charge in [-0.05, 0) is 45.3 Å². The standard InChI is InChI=1S/C18H20BF2NO2/c1-16(2)17(3,4)24-19(23-16)15-7-5-13(6-8-15)18(20,21)14-9-11-22-12-10-14/h5-12H,1-4H3. The lowest BCUT2D eigenvalue weighted by Crippen LogP contribution is -2.41. The number of hydrogen-bond donors (Lipinski definition) is 0. The summed E-state index contributed by atoms with van der Waals surface area (Å²) in [5.74, 6) is -3.07. The number of hydrogen-bond acceptors (Lipinski definition) is 3. The summed E-state index contributed by atoms with van der Waals surface area (Å²) >= 11 is 0. The van der Waals surface area contributed by atoms with Crippen LogP contribution in [0, 0.1) is 0 Å². The van der Waals surface area contributed by atoms with Gasteiger partial charge in [0.15, 0.2) is 0 Å². The highest BCUT2D eigenvalue weighted by atomic mass is 19.3. The summed E-state index contributed by atoms with van der Waals surface area (Å²) in [6.07, 6.45) is 2.73. The van der Waals surface area contributed by atoms with Gasteiger partial charge in [-0.1, -0.05) is 24.3 Å². The first kappa shape index (κ1) is 17.1. The summed E-state index contributed by atoms with van der Waals surface area (Å²) in [4.78, 5) is 3.78. The summed E-state index contributed by atoms with van der Waals surface area (Å²) in [6.45, 7) is 7.83. The molecule has 1 saturated heterocycles. The largest absolute Gasteiger partial charge is 0.494 e. The number of pyridine rings is 1. The van der Waals surface area contributed by atoms with Gasteiger partial charge in [0.25, 0.3) is 5.92 Å². The zero-order valence-electron chi connectivity index (χ0n) is 14.2. The van der Waals surface area contributed by atoms with Gasteiger partial charge >= 0.3 is 7.12 Å². The molecule has 2 heterocycles. The third kappa shape index (κ3) is 2.85. The Morgan fingerprint density at radius 3 is 1.79 bits per heavy atom. The molecule has 0 aliphatic carbocycles. The zero-order valence-corrected chi connectivity index (χ0v) is 14.2. The van der Waals surface area contributed by atoms with Crippen LogP contribution in [0.5, 0.6) is 0 Å². The molecular weight excluding hydrogens is 311 g/mol. The number of halogens is 2. The van der Waals surface area contributed by atoms with Crippen LogP contribution >= 0.6 is 0 Å². The maximum atomic E-state index is 14.6. The Balaban J connectivity index is 1.85. The molecule has 1 fully saturated rings. The minimum Gasteiger partial charge on any atom is -0.399 e. The lowest BCUT2D eigenvalue weighted by Gasteiger charge is -2.32. The van der Waals surface area contributed by atoms with Crippen molar-refractivity contribution in [1.29, 1.82) is 0 Å².